The highest BCUT2D eigenvalue weighted by molar-refractivity contribution is 5.76. The Hall–Kier alpha value is -1.35. The number of aryl methyl sites for hydroxylation is 2. The number of carbonyl (C=O) groups excluding carboxylic acids is 1. The van der Waals surface area contributed by atoms with Gasteiger partial charge in [-0.25, -0.2) is 0 Å². The van der Waals surface area contributed by atoms with E-state index in [4.69, 9.17) is 5.73 Å². The summed E-state index contributed by atoms with van der Waals surface area (Å²) >= 11 is 0. The minimum Gasteiger partial charge on any atom is -0.337 e. The molecule has 0 spiro atoms. The number of hydrogen-bond acceptors (Lipinski definition) is 2. The average Bonchev–Trinajstić information content (AvgIpc) is 2.44. The van der Waals surface area contributed by atoms with Gasteiger partial charge in [-0.05, 0) is 43.4 Å². The number of nitrogens with two attached hydrogens (primary N) is 1. The molecule has 0 saturated carbocycles. The van der Waals surface area contributed by atoms with Crippen LogP contribution in [0.1, 0.15) is 42.0 Å². The van der Waals surface area contributed by atoms with Gasteiger partial charge in [0.15, 0.2) is 0 Å². The van der Waals surface area contributed by atoms with Crippen molar-refractivity contribution in [2.45, 2.75) is 45.2 Å². The molecule has 3 heteroatoms. The second kappa shape index (κ2) is 5.11. The lowest BCUT2D eigenvalue weighted by molar-refractivity contribution is -0.131. The van der Waals surface area contributed by atoms with Crippen LogP contribution >= 0.6 is 0 Å². The zero-order valence-electron chi connectivity index (χ0n) is 11.4. The highest BCUT2D eigenvalue weighted by atomic mass is 16.2. The molecule has 2 unspecified atom stereocenters. The maximum absolute atomic E-state index is 12.0. The Morgan fingerprint density at radius 1 is 1.28 bits per heavy atom. The fraction of sp³-hybridized carbons (Fsp3) is 0.533. The van der Waals surface area contributed by atoms with Crippen molar-refractivity contribution in [2.75, 3.05) is 7.05 Å². The zero-order valence-corrected chi connectivity index (χ0v) is 11.4. The fourth-order valence-corrected chi connectivity index (χ4v) is 2.68. The summed E-state index contributed by atoms with van der Waals surface area (Å²) in [4.78, 5) is 13.8. The van der Waals surface area contributed by atoms with Crippen LogP contribution in [0.15, 0.2) is 18.2 Å². The van der Waals surface area contributed by atoms with E-state index in [0.717, 1.165) is 18.4 Å². The van der Waals surface area contributed by atoms with Gasteiger partial charge < -0.3 is 10.6 Å². The molecule has 1 aliphatic heterocycles. The van der Waals surface area contributed by atoms with Crippen LogP contribution in [0.25, 0.3) is 0 Å². The van der Waals surface area contributed by atoms with E-state index in [-0.39, 0.29) is 18.0 Å². The number of nitrogens with zero attached hydrogens (tertiary/aromatic N) is 1. The molecular formula is C15H22N2O. The van der Waals surface area contributed by atoms with Crippen molar-refractivity contribution in [3.05, 3.63) is 34.9 Å². The molecule has 0 radical (unpaired) electrons. The van der Waals surface area contributed by atoms with Crippen molar-refractivity contribution >= 4 is 5.91 Å². The zero-order chi connectivity index (χ0) is 13.3. The van der Waals surface area contributed by atoms with Gasteiger partial charge in [-0.15, -0.1) is 0 Å². The largest absolute Gasteiger partial charge is 0.337 e. The van der Waals surface area contributed by atoms with Crippen molar-refractivity contribution < 1.29 is 4.79 Å². The van der Waals surface area contributed by atoms with Gasteiger partial charge in [0.25, 0.3) is 0 Å². The topological polar surface area (TPSA) is 46.3 Å². The first-order chi connectivity index (χ1) is 8.50. The molecule has 1 aliphatic rings. The van der Waals surface area contributed by atoms with E-state index in [9.17, 15) is 4.79 Å². The molecule has 0 aromatic heterocycles. The summed E-state index contributed by atoms with van der Waals surface area (Å²) in [5.41, 5.74) is 9.94. The van der Waals surface area contributed by atoms with Gasteiger partial charge in [0.05, 0.1) is 6.04 Å². The molecule has 2 atom stereocenters. The van der Waals surface area contributed by atoms with E-state index in [0.29, 0.717) is 6.42 Å². The molecule has 1 fully saturated rings. The summed E-state index contributed by atoms with van der Waals surface area (Å²) in [5, 5.41) is 0. The lowest BCUT2D eigenvalue weighted by Gasteiger charge is -2.31. The number of benzene rings is 1. The average molecular weight is 246 g/mol. The minimum absolute atomic E-state index is 0.0132. The second-order valence-electron chi connectivity index (χ2n) is 5.35. The number of likely N-dealkylation sites (N-methyl/N-ethyl adjacent to an activating group) is 1. The predicted molar refractivity (Wildman–Crippen MR) is 73.3 cm³/mol. The van der Waals surface area contributed by atoms with Gasteiger partial charge >= 0.3 is 0 Å². The Kier molecular flexibility index (Phi) is 3.71. The van der Waals surface area contributed by atoms with Gasteiger partial charge in [-0.1, -0.05) is 18.2 Å². The minimum atomic E-state index is 0.0132. The molecule has 0 bridgehead atoms. The first-order valence-electron chi connectivity index (χ1n) is 6.59. The van der Waals surface area contributed by atoms with Crippen LogP contribution in [0, 0.1) is 13.8 Å². The van der Waals surface area contributed by atoms with E-state index in [2.05, 4.69) is 32.0 Å². The van der Waals surface area contributed by atoms with Crippen LogP contribution in [0.3, 0.4) is 0 Å². The Bertz CT molecular complexity index is 456. The lowest BCUT2D eigenvalue weighted by Crippen LogP contribution is -2.39. The number of carbonyl (C=O) groups is 1. The molecule has 0 aliphatic carbocycles. The van der Waals surface area contributed by atoms with E-state index < -0.39 is 0 Å². The highest BCUT2D eigenvalue weighted by Crippen LogP contribution is 2.29. The van der Waals surface area contributed by atoms with Crippen molar-refractivity contribution in [3.63, 3.8) is 0 Å². The monoisotopic (exact) mass is 246 g/mol. The quantitative estimate of drug-likeness (QED) is 0.826. The van der Waals surface area contributed by atoms with E-state index in [1.807, 2.05) is 11.9 Å². The smallest absolute Gasteiger partial charge is 0.222 e. The summed E-state index contributed by atoms with van der Waals surface area (Å²) in [6.45, 7) is 4.20. The highest BCUT2D eigenvalue weighted by Gasteiger charge is 2.30. The molecular weight excluding hydrogens is 224 g/mol. The summed E-state index contributed by atoms with van der Waals surface area (Å²) in [7, 11) is 1.87. The molecule has 1 amide bonds. The molecule has 1 aromatic carbocycles. The first-order valence-corrected chi connectivity index (χ1v) is 6.59. The van der Waals surface area contributed by atoms with Gasteiger partial charge in [-0.3, -0.25) is 4.79 Å². The second-order valence-corrected chi connectivity index (χ2v) is 5.35. The van der Waals surface area contributed by atoms with Gasteiger partial charge in [-0.2, -0.15) is 0 Å². The van der Waals surface area contributed by atoms with E-state index in [1.165, 1.54) is 11.1 Å². The Morgan fingerprint density at radius 3 is 2.67 bits per heavy atom. The molecule has 2 rings (SSSR count). The lowest BCUT2D eigenvalue weighted by atomic mass is 9.94. The first kappa shape index (κ1) is 13.1. The van der Waals surface area contributed by atoms with Crippen LogP contribution in [-0.4, -0.2) is 23.9 Å². The number of rotatable bonds is 1. The normalized spacial score (nSPS) is 25.1. The van der Waals surface area contributed by atoms with Gasteiger partial charge in [0, 0.05) is 19.5 Å². The third-order valence-electron chi connectivity index (χ3n) is 4.02. The molecule has 3 nitrogen and oxygen atoms in total. The summed E-state index contributed by atoms with van der Waals surface area (Å²) in [6.07, 6.45) is 2.42. The summed E-state index contributed by atoms with van der Waals surface area (Å²) in [6, 6.07) is 6.42. The predicted octanol–water partition coefficient (Wildman–Crippen LogP) is 2.31. The Balaban J connectivity index is 2.38. The SMILES string of the molecule is Cc1ccc(C2C(N)CCCC(=O)N2C)cc1C. The van der Waals surface area contributed by atoms with Crippen LogP contribution in [0.2, 0.25) is 0 Å². The maximum Gasteiger partial charge on any atom is 0.222 e. The van der Waals surface area contributed by atoms with Crippen molar-refractivity contribution in [2.24, 2.45) is 5.73 Å². The summed E-state index contributed by atoms with van der Waals surface area (Å²) in [5.74, 6) is 0.200. The van der Waals surface area contributed by atoms with Crippen LogP contribution in [0.5, 0.6) is 0 Å². The van der Waals surface area contributed by atoms with Crippen LogP contribution in [0.4, 0.5) is 0 Å². The third-order valence-corrected chi connectivity index (χ3v) is 4.02. The van der Waals surface area contributed by atoms with E-state index in [1.54, 1.807) is 0 Å². The molecule has 98 valence electrons. The Labute approximate surface area is 109 Å². The number of hydrogen-bond donors (Lipinski definition) is 1. The number of amides is 1. The molecule has 2 N–H and O–H groups in total. The fourth-order valence-electron chi connectivity index (χ4n) is 2.68. The number of likely N-dealkylation sites (tertiary alicyclic amines) is 1. The van der Waals surface area contributed by atoms with Crippen molar-refractivity contribution in [1.29, 1.82) is 0 Å². The molecule has 1 saturated heterocycles. The Morgan fingerprint density at radius 2 is 2.00 bits per heavy atom. The van der Waals surface area contributed by atoms with Crippen LogP contribution in [-0.2, 0) is 4.79 Å². The van der Waals surface area contributed by atoms with Crippen molar-refractivity contribution in [3.8, 4) is 0 Å². The standard InChI is InChI=1S/C15H22N2O/c1-10-7-8-12(9-11(10)2)15-13(16)5-4-6-14(18)17(15)3/h7-9,13,15H,4-6,16H2,1-3H3. The maximum atomic E-state index is 12.0. The van der Waals surface area contributed by atoms with E-state index >= 15 is 0 Å². The molecule has 1 heterocycles. The molecule has 18 heavy (non-hydrogen) atoms. The summed E-state index contributed by atoms with van der Waals surface area (Å²) < 4.78 is 0. The third kappa shape index (κ3) is 2.41. The van der Waals surface area contributed by atoms with Gasteiger partial charge in [0.1, 0.15) is 0 Å². The van der Waals surface area contributed by atoms with Crippen molar-refractivity contribution in [1.82, 2.24) is 4.90 Å². The van der Waals surface area contributed by atoms with Crippen LogP contribution < -0.4 is 5.73 Å². The molecule has 1 aromatic rings. The van der Waals surface area contributed by atoms with Gasteiger partial charge in [0.2, 0.25) is 5.91 Å².